The number of nitrogens with one attached hydrogen (secondary N) is 1. The van der Waals surface area contributed by atoms with Crippen molar-refractivity contribution in [3.8, 4) is 0 Å². The van der Waals surface area contributed by atoms with Crippen LogP contribution in [-0.2, 0) is 28.3 Å². The molecule has 1 fully saturated rings. The molecule has 188 valence electrons. The van der Waals surface area contributed by atoms with Crippen LogP contribution in [0.3, 0.4) is 0 Å². The first-order valence-electron chi connectivity index (χ1n) is 12.6. The second kappa shape index (κ2) is 13.3. The summed E-state index contributed by atoms with van der Waals surface area (Å²) in [4.78, 5) is 29.0. The first kappa shape index (κ1) is 26.0. The lowest BCUT2D eigenvalue weighted by atomic mass is 10.0. The molecule has 0 radical (unpaired) electrons. The highest BCUT2D eigenvalue weighted by Gasteiger charge is 2.32. The maximum absolute atomic E-state index is 14.1. The molecule has 0 aromatic heterocycles. The van der Waals surface area contributed by atoms with E-state index in [2.05, 4.69) is 5.32 Å². The molecule has 4 nitrogen and oxygen atoms in total. The van der Waals surface area contributed by atoms with Gasteiger partial charge in [-0.2, -0.15) is 0 Å². The minimum atomic E-state index is -0.630. The van der Waals surface area contributed by atoms with Crippen LogP contribution in [0.5, 0.6) is 0 Å². The summed E-state index contributed by atoms with van der Waals surface area (Å²) in [6.07, 6.45) is 4.64. The Hall–Kier alpha value is -3.12. The molecule has 36 heavy (non-hydrogen) atoms. The van der Waals surface area contributed by atoms with Gasteiger partial charge in [-0.3, -0.25) is 9.59 Å². The molecular formula is C30H33FN2O2S. The van der Waals surface area contributed by atoms with Crippen molar-refractivity contribution in [3.63, 3.8) is 0 Å². The number of hydrogen-bond donors (Lipinski definition) is 1. The molecule has 2 amide bonds. The van der Waals surface area contributed by atoms with Gasteiger partial charge in [0.1, 0.15) is 11.9 Å². The van der Waals surface area contributed by atoms with Crippen molar-refractivity contribution in [2.75, 3.05) is 5.75 Å². The van der Waals surface area contributed by atoms with E-state index in [0.717, 1.165) is 36.8 Å². The molecule has 1 aliphatic carbocycles. The summed E-state index contributed by atoms with van der Waals surface area (Å²) in [5.41, 5.74) is 2.55. The predicted molar refractivity (Wildman–Crippen MR) is 144 cm³/mol. The fourth-order valence-electron chi connectivity index (χ4n) is 4.65. The summed E-state index contributed by atoms with van der Waals surface area (Å²) in [5, 5.41) is 3.22. The van der Waals surface area contributed by atoms with Crippen molar-refractivity contribution in [3.05, 3.63) is 107 Å². The smallest absolute Gasteiger partial charge is 0.243 e. The third-order valence-corrected chi connectivity index (χ3v) is 7.58. The number of rotatable bonds is 11. The van der Waals surface area contributed by atoms with Crippen LogP contribution in [0, 0.1) is 5.82 Å². The summed E-state index contributed by atoms with van der Waals surface area (Å²) >= 11 is 1.37. The molecule has 4 rings (SSSR count). The Morgan fingerprint density at radius 2 is 1.50 bits per heavy atom. The molecule has 0 bridgehead atoms. The molecule has 1 N–H and O–H groups in total. The zero-order valence-electron chi connectivity index (χ0n) is 20.4. The van der Waals surface area contributed by atoms with Crippen molar-refractivity contribution in [2.24, 2.45) is 0 Å². The van der Waals surface area contributed by atoms with Crippen LogP contribution in [0.2, 0.25) is 0 Å². The summed E-state index contributed by atoms with van der Waals surface area (Å²) < 4.78 is 14.1. The number of halogens is 1. The standard InChI is InChI=1S/C30H33FN2O2S/c31-27-18-10-7-15-25(27)21-36-22-29(34)33(20-24-13-5-2-6-14-24)28(19-23-11-3-1-4-12-23)30(35)32-26-16-8-9-17-26/h1-7,10-15,18,26,28H,8-9,16-17,19-22H2,(H,32,35)/t28-/m1/s1. The van der Waals surface area contributed by atoms with Crippen molar-refractivity contribution in [2.45, 2.75) is 56.5 Å². The van der Waals surface area contributed by atoms with Crippen LogP contribution in [0.15, 0.2) is 84.9 Å². The molecule has 0 saturated heterocycles. The molecule has 1 saturated carbocycles. The molecule has 3 aromatic rings. The molecule has 1 aliphatic rings. The monoisotopic (exact) mass is 504 g/mol. The van der Waals surface area contributed by atoms with Gasteiger partial charge in [0.2, 0.25) is 11.8 Å². The van der Waals surface area contributed by atoms with Gasteiger partial charge >= 0.3 is 0 Å². The summed E-state index contributed by atoms with van der Waals surface area (Å²) in [6, 6.07) is 25.8. The molecular weight excluding hydrogens is 471 g/mol. The summed E-state index contributed by atoms with van der Waals surface area (Å²) in [7, 11) is 0. The van der Waals surface area contributed by atoms with Crippen molar-refractivity contribution in [1.82, 2.24) is 10.2 Å². The van der Waals surface area contributed by atoms with E-state index in [1.807, 2.05) is 60.7 Å². The van der Waals surface area contributed by atoms with E-state index in [1.54, 1.807) is 23.1 Å². The van der Waals surface area contributed by atoms with Crippen molar-refractivity contribution in [1.29, 1.82) is 0 Å². The maximum atomic E-state index is 14.1. The van der Waals surface area contributed by atoms with Crippen molar-refractivity contribution < 1.29 is 14.0 Å². The number of nitrogens with zero attached hydrogens (tertiary/aromatic N) is 1. The van der Waals surface area contributed by atoms with Gasteiger partial charge in [0.25, 0.3) is 0 Å². The van der Waals surface area contributed by atoms with Gasteiger partial charge in [-0.1, -0.05) is 91.7 Å². The largest absolute Gasteiger partial charge is 0.352 e. The van der Waals surface area contributed by atoms with Crippen LogP contribution < -0.4 is 5.32 Å². The molecule has 3 aromatic carbocycles. The first-order chi connectivity index (χ1) is 17.6. The zero-order valence-corrected chi connectivity index (χ0v) is 21.3. The lowest BCUT2D eigenvalue weighted by Gasteiger charge is -2.32. The van der Waals surface area contributed by atoms with Crippen LogP contribution in [-0.4, -0.2) is 34.6 Å². The highest BCUT2D eigenvalue weighted by atomic mass is 32.2. The molecule has 6 heteroatoms. The normalized spacial score (nSPS) is 14.4. The van der Waals surface area contributed by atoms with Crippen molar-refractivity contribution >= 4 is 23.6 Å². The van der Waals surface area contributed by atoms with E-state index in [9.17, 15) is 14.0 Å². The highest BCUT2D eigenvalue weighted by Crippen LogP contribution is 2.22. The Morgan fingerprint density at radius 1 is 0.889 bits per heavy atom. The minimum Gasteiger partial charge on any atom is -0.352 e. The fraction of sp³-hybridized carbons (Fsp3) is 0.333. The Labute approximate surface area is 217 Å². The number of benzene rings is 3. The minimum absolute atomic E-state index is 0.103. The second-order valence-electron chi connectivity index (χ2n) is 9.29. The van der Waals surface area contributed by atoms with Gasteiger partial charge in [-0.15, -0.1) is 11.8 Å². The number of hydrogen-bond acceptors (Lipinski definition) is 3. The molecule has 0 heterocycles. The Balaban J connectivity index is 1.55. The number of carbonyl (C=O) groups excluding carboxylic acids is 2. The third-order valence-electron chi connectivity index (χ3n) is 6.61. The lowest BCUT2D eigenvalue weighted by molar-refractivity contribution is -0.139. The fourth-order valence-corrected chi connectivity index (χ4v) is 5.54. The zero-order chi connectivity index (χ0) is 25.2. The van der Waals surface area contributed by atoms with Gasteiger partial charge in [0.05, 0.1) is 5.75 Å². The maximum Gasteiger partial charge on any atom is 0.243 e. The number of amides is 2. The van der Waals surface area contributed by atoms with E-state index in [0.29, 0.717) is 24.3 Å². The average molecular weight is 505 g/mol. The van der Waals surface area contributed by atoms with Crippen LogP contribution in [0.1, 0.15) is 42.4 Å². The Morgan fingerprint density at radius 3 is 2.17 bits per heavy atom. The van der Waals surface area contributed by atoms with E-state index >= 15 is 0 Å². The van der Waals surface area contributed by atoms with Gasteiger partial charge in [-0.05, 0) is 35.6 Å². The Kier molecular flexibility index (Phi) is 9.56. The summed E-state index contributed by atoms with van der Waals surface area (Å²) in [6.45, 7) is 0.343. The summed E-state index contributed by atoms with van der Waals surface area (Å²) in [5.74, 6) is 0.0755. The molecule has 1 atom stereocenters. The average Bonchev–Trinajstić information content (AvgIpc) is 3.41. The quantitative estimate of drug-likeness (QED) is 0.361. The third kappa shape index (κ3) is 7.44. The first-order valence-corrected chi connectivity index (χ1v) is 13.7. The van der Waals surface area contributed by atoms with Gasteiger partial charge in [0.15, 0.2) is 0 Å². The SMILES string of the molecule is O=C(NC1CCCC1)[C@@H](Cc1ccccc1)N(Cc1ccccc1)C(=O)CSCc1ccccc1F. The topological polar surface area (TPSA) is 49.4 Å². The van der Waals surface area contributed by atoms with Gasteiger partial charge in [-0.25, -0.2) is 4.39 Å². The predicted octanol–water partition coefficient (Wildman–Crippen LogP) is 5.76. The molecule has 0 aliphatic heterocycles. The van der Waals surface area contributed by atoms with Crippen LogP contribution in [0.4, 0.5) is 4.39 Å². The van der Waals surface area contributed by atoms with E-state index in [-0.39, 0.29) is 29.4 Å². The highest BCUT2D eigenvalue weighted by molar-refractivity contribution is 7.99. The van der Waals surface area contributed by atoms with Crippen LogP contribution in [0.25, 0.3) is 0 Å². The Bertz CT molecular complexity index is 1120. The van der Waals surface area contributed by atoms with Crippen LogP contribution >= 0.6 is 11.8 Å². The molecule has 0 unspecified atom stereocenters. The van der Waals surface area contributed by atoms with E-state index in [1.165, 1.54) is 17.8 Å². The van der Waals surface area contributed by atoms with E-state index < -0.39 is 6.04 Å². The van der Waals surface area contributed by atoms with E-state index in [4.69, 9.17) is 0 Å². The number of carbonyl (C=O) groups is 2. The lowest BCUT2D eigenvalue weighted by Crippen LogP contribution is -2.52. The number of thioether (sulfide) groups is 1. The molecule has 0 spiro atoms. The van der Waals surface area contributed by atoms with Gasteiger partial charge < -0.3 is 10.2 Å². The second-order valence-corrected chi connectivity index (χ2v) is 10.3. The van der Waals surface area contributed by atoms with Gasteiger partial charge in [0, 0.05) is 24.8 Å².